The number of hydrogen-bond acceptors (Lipinski definition) is 2. The van der Waals surface area contributed by atoms with Crippen molar-refractivity contribution in [3.05, 3.63) is 57.7 Å². The van der Waals surface area contributed by atoms with Gasteiger partial charge in [0.2, 0.25) is 5.91 Å². The Hall–Kier alpha value is -1.56. The van der Waals surface area contributed by atoms with Gasteiger partial charge in [0, 0.05) is 14.8 Å². The normalized spacial score (nSPS) is 16.9. The van der Waals surface area contributed by atoms with Crippen molar-refractivity contribution in [1.29, 1.82) is 0 Å². The number of anilines is 1. The van der Waals surface area contributed by atoms with Gasteiger partial charge in [0.25, 0.3) is 0 Å². The Morgan fingerprint density at radius 2 is 1.90 bits per heavy atom. The highest BCUT2D eigenvalue weighted by atomic mass is 127. The summed E-state index contributed by atoms with van der Waals surface area (Å²) in [5.74, 6) is 0.711. The summed E-state index contributed by atoms with van der Waals surface area (Å²) in [5.41, 5.74) is 1.81. The smallest absolute Gasteiger partial charge is 0.232 e. The van der Waals surface area contributed by atoms with Crippen molar-refractivity contribution in [2.45, 2.75) is 12.3 Å². The maximum Gasteiger partial charge on any atom is 0.232 e. The lowest BCUT2D eigenvalue weighted by Gasteiger charge is -2.25. The molecule has 20 heavy (non-hydrogen) atoms. The molecule has 0 saturated carbocycles. The minimum Gasteiger partial charge on any atom is -0.493 e. The van der Waals surface area contributed by atoms with Gasteiger partial charge in [-0.25, -0.2) is 0 Å². The Kier molecular flexibility index (Phi) is 3.91. The Morgan fingerprint density at radius 3 is 2.70 bits per heavy atom. The van der Waals surface area contributed by atoms with Crippen LogP contribution in [0.25, 0.3) is 0 Å². The Labute approximate surface area is 131 Å². The quantitative estimate of drug-likeness (QED) is 0.807. The zero-order chi connectivity index (χ0) is 13.9. The van der Waals surface area contributed by atoms with Gasteiger partial charge in [-0.3, -0.25) is 4.79 Å². The summed E-state index contributed by atoms with van der Waals surface area (Å²) in [6.07, 6.45) is 0.715. The van der Waals surface area contributed by atoms with Gasteiger partial charge in [0.15, 0.2) is 0 Å². The Bertz CT molecular complexity index is 625. The number of carbonyl (C=O) groups excluding carboxylic acids is 1. The molecule has 1 N–H and O–H groups in total. The van der Waals surface area contributed by atoms with Gasteiger partial charge in [-0.05, 0) is 59.3 Å². The van der Waals surface area contributed by atoms with Crippen LogP contribution in [0.5, 0.6) is 5.75 Å². The predicted molar refractivity (Wildman–Crippen MR) is 87.1 cm³/mol. The van der Waals surface area contributed by atoms with E-state index < -0.39 is 0 Å². The highest BCUT2D eigenvalue weighted by Crippen LogP contribution is 2.34. The summed E-state index contributed by atoms with van der Waals surface area (Å²) < 4.78 is 6.74. The van der Waals surface area contributed by atoms with Crippen LogP contribution in [0.1, 0.15) is 17.9 Å². The second-order valence-electron chi connectivity index (χ2n) is 4.72. The molecular weight excluding hydrogens is 365 g/mol. The molecule has 3 rings (SSSR count). The SMILES string of the molecule is O=C(Nc1ccc(I)cc1)C1CCOc2ccccc21. The average molecular weight is 379 g/mol. The molecule has 1 aliphatic heterocycles. The second-order valence-corrected chi connectivity index (χ2v) is 5.97. The molecule has 1 aliphatic rings. The van der Waals surface area contributed by atoms with Gasteiger partial charge in [0.05, 0.1) is 12.5 Å². The summed E-state index contributed by atoms with van der Waals surface area (Å²) in [6.45, 7) is 0.585. The highest BCUT2D eigenvalue weighted by molar-refractivity contribution is 14.1. The Morgan fingerprint density at radius 1 is 1.15 bits per heavy atom. The summed E-state index contributed by atoms with van der Waals surface area (Å²) in [6, 6.07) is 15.6. The standard InChI is InChI=1S/C16H14INO2/c17-11-5-7-12(8-6-11)18-16(19)14-9-10-20-15-4-2-1-3-13(14)15/h1-8,14H,9-10H2,(H,18,19). The van der Waals surface area contributed by atoms with E-state index in [2.05, 4.69) is 27.9 Å². The van der Waals surface area contributed by atoms with Crippen LogP contribution >= 0.6 is 22.6 Å². The molecule has 3 nitrogen and oxygen atoms in total. The van der Waals surface area contributed by atoms with Crippen LogP contribution in [0.3, 0.4) is 0 Å². The molecule has 1 unspecified atom stereocenters. The molecule has 2 aromatic carbocycles. The lowest BCUT2D eigenvalue weighted by Crippen LogP contribution is -2.26. The number of nitrogens with one attached hydrogen (secondary N) is 1. The average Bonchev–Trinajstić information content (AvgIpc) is 2.49. The molecule has 0 aromatic heterocycles. The van der Waals surface area contributed by atoms with E-state index >= 15 is 0 Å². The van der Waals surface area contributed by atoms with Crippen LogP contribution in [0.4, 0.5) is 5.69 Å². The van der Waals surface area contributed by atoms with Crippen LogP contribution in [-0.2, 0) is 4.79 Å². The van der Waals surface area contributed by atoms with E-state index in [0.717, 1.165) is 20.6 Å². The van der Waals surface area contributed by atoms with Gasteiger partial charge in [0.1, 0.15) is 5.75 Å². The summed E-state index contributed by atoms with van der Waals surface area (Å²) >= 11 is 2.24. The Balaban J connectivity index is 1.80. The molecule has 1 amide bonds. The van der Waals surface area contributed by atoms with Gasteiger partial charge >= 0.3 is 0 Å². The molecule has 0 aliphatic carbocycles. The van der Waals surface area contributed by atoms with Gasteiger partial charge in [-0.2, -0.15) is 0 Å². The lowest BCUT2D eigenvalue weighted by atomic mass is 9.92. The van der Waals surface area contributed by atoms with Gasteiger partial charge in [-0.15, -0.1) is 0 Å². The minimum absolute atomic E-state index is 0.0296. The second kappa shape index (κ2) is 5.83. The number of rotatable bonds is 2. The van der Waals surface area contributed by atoms with Crippen LogP contribution in [0.2, 0.25) is 0 Å². The largest absolute Gasteiger partial charge is 0.493 e. The van der Waals surface area contributed by atoms with E-state index in [0.29, 0.717) is 13.0 Å². The number of carbonyl (C=O) groups is 1. The topological polar surface area (TPSA) is 38.3 Å². The lowest BCUT2D eigenvalue weighted by molar-refractivity contribution is -0.118. The number of benzene rings is 2. The van der Waals surface area contributed by atoms with Crippen LogP contribution in [0.15, 0.2) is 48.5 Å². The van der Waals surface area contributed by atoms with E-state index in [9.17, 15) is 4.79 Å². The molecule has 2 aromatic rings. The first-order valence-corrected chi connectivity index (χ1v) is 7.60. The van der Waals surface area contributed by atoms with Crippen molar-refractivity contribution in [2.24, 2.45) is 0 Å². The fourth-order valence-corrected chi connectivity index (χ4v) is 2.74. The highest BCUT2D eigenvalue weighted by Gasteiger charge is 2.27. The summed E-state index contributed by atoms with van der Waals surface area (Å²) in [4.78, 5) is 12.4. The van der Waals surface area contributed by atoms with Gasteiger partial charge < -0.3 is 10.1 Å². The maximum absolute atomic E-state index is 12.4. The minimum atomic E-state index is -0.140. The van der Waals surface area contributed by atoms with E-state index in [-0.39, 0.29) is 11.8 Å². The third kappa shape index (κ3) is 2.80. The predicted octanol–water partition coefficient (Wildman–Crippen LogP) is 3.80. The molecule has 4 heteroatoms. The molecule has 0 spiro atoms. The maximum atomic E-state index is 12.4. The fourth-order valence-electron chi connectivity index (χ4n) is 2.38. The number of fused-ring (bicyclic) bond motifs is 1. The fraction of sp³-hybridized carbons (Fsp3) is 0.188. The van der Waals surface area contributed by atoms with Crippen molar-refractivity contribution >= 4 is 34.2 Å². The molecule has 1 atom stereocenters. The third-order valence-corrected chi connectivity index (χ3v) is 4.11. The van der Waals surface area contributed by atoms with E-state index in [1.54, 1.807) is 0 Å². The van der Waals surface area contributed by atoms with Gasteiger partial charge in [-0.1, -0.05) is 18.2 Å². The van der Waals surface area contributed by atoms with E-state index in [1.807, 2.05) is 48.5 Å². The van der Waals surface area contributed by atoms with Crippen molar-refractivity contribution in [2.75, 3.05) is 11.9 Å². The number of para-hydroxylation sites is 1. The molecule has 102 valence electrons. The third-order valence-electron chi connectivity index (χ3n) is 3.39. The molecule has 0 fully saturated rings. The molecule has 0 saturated heterocycles. The monoisotopic (exact) mass is 379 g/mol. The van der Waals surface area contributed by atoms with E-state index in [1.165, 1.54) is 0 Å². The number of amides is 1. The summed E-state index contributed by atoms with van der Waals surface area (Å²) in [7, 11) is 0. The summed E-state index contributed by atoms with van der Waals surface area (Å²) in [5, 5.41) is 2.98. The van der Waals surface area contributed by atoms with Crippen molar-refractivity contribution in [1.82, 2.24) is 0 Å². The van der Waals surface area contributed by atoms with Crippen molar-refractivity contribution < 1.29 is 9.53 Å². The molecular formula is C16H14INO2. The zero-order valence-corrected chi connectivity index (χ0v) is 13.0. The first-order valence-electron chi connectivity index (χ1n) is 6.52. The molecule has 0 bridgehead atoms. The zero-order valence-electron chi connectivity index (χ0n) is 10.8. The van der Waals surface area contributed by atoms with Crippen LogP contribution < -0.4 is 10.1 Å². The van der Waals surface area contributed by atoms with Crippen LogP contribution in [-0.4, -0.2) is 12.5 Å². The molecule has 0 radical (unpaired) electrons. The van der Waals surface area contributed by atoms with Crippen molar-refractivity contribution in [3.63, 3.8) is 0 Å². The number of ether oxygens (including phenoxy) is 1. The van der Waals surface area contributed by atoms with E-state index in [4.69, 9.17) is 4.74 Å². The number of hydrogen-bond donors (Lipinski definition) is 1. The first-order chi connectivity index (χ1) is 9.74. The first kappa shape index (κ1) is 13.4. The molecule has 1 heterocycles. The number of halogens is 1. The van der Waals surface area contributed by atoms with Crippen LogP contribution in [0, 0.1) is 3.57 Å². The van der Waals surface area contributed by atoms with Crippen molar-refractivity contribution in [3.8, 4) is 5.75 Å².